The van der Waals surface area contributed by atoms with Gasteiger partial charge >= 0.3 is 0 Å². The fraction of sp³-hybridized carbons (Fsp3) is 0.238. The van der Waals surface area contributed by atoms with Gasteiger partial charge in [-0.05, 0) is 48.4 Å². The summed E-state index contributed by atoms with van der Waals surface area (Å²) in [6.07, 6.45) is 3.96. The highest BCUT2D eigenvalue weighted by Crippen LogP contribution is 2.28. The first-order valence-electron chi connectivity index (χ1n) is 8.80. The van der Waals surface area contributed by atoms with E-state index in [9.17, 15) is 9.59 Å². The predicted molar refractivity (Wildman–Crippen MR) is 111 cm³/mol. The topological polar surface area (TPSA) is 76.7 Å². The van der Waals surface area contributed by atoms with Crippen molar-refractivity contribution in [1.82, 2.24) is 5.32 Å². The molecule has 0 unspecified atom stereocenters. The number of methoxy groups -OCH3 is 1. The first kappa shape index (κ1) is 21.3. The highest BCUT2D eigenvalue weighted by atomic mass is 35.5. The van der Waals surface area contributed by atoms with Crippen molar-refractivity contribution in [3.05, 3.63) is 58.6 Å². The molecule has 0 radical (unpaired) electrons. The number of anilines is 1. The van der Waals surface area contributed by atoms with Gasteiger partial charge in [-0.1, -0.05) is 24.6 Å². The van der Waals surface area contributed by atoms with Gasteiger partial charge in [0, 0.05) is 18.8 Å². The number of ether oxygens (including phenoxy) is 2. The second kappa shape index (κ2) is 10.4. The molecule has 0 bridgehead atoms. The zero-order chi connectivity index (χ0) is 20.5. The molecule has 0 saturated carbocycles. The molecule has 28 heavy (non-hydrogen) atoms. The lowest BCUT2D eigenvalue weighted by Gasteiger charge is -2.10. The molecule has 2 aromatic carbocycles. The van der Waals surface area contributed by atoms with Crippen LogP contribution in [0, 0.1) is 0 Å². The number of hydrogen-bond acceptors (Lipinski definition) is 4. The van der Waals surface area contributed by atoms with E-state index in [1.165, 1.54) is 19.2 Å². The highest BCUT2D eigenvalue weighted by molar-refractivity contribution is 6.34. The average molecular weight is 403 g/mol. The third-order valence-corrected chi connectivity index (χ3v) is 4.11. The van der Waals surface area contributed by atoms with Gasteiger partial charge in [0.05, 0.1) is 24.3 Å². The Morgan fingerprint density at radius 2 is 1.93 bits per heavy atom. The standard InChI is InChI=1S/C21H23ClN2O4/c1-4-11-28-18-9-5-14(12-19(18)27-3)6-10-20(25)24-15-7-8-17(22)16(13-15)21(26)23-2/h5-10,12-13H,4,11H2,1-3H3,(H,23,26)(H,24,25)/b10-6+. The number of benzene rings is 2. The van der Waals surface area contributed by atoms with Gasteiger partial charge in [-0.15, -0.1) is 0 Å². The van der Waals surface area contributed by atoms with Crippen LogP contribution in [0.25, 0.3) is 6.08 Å². The van der Waals surface area contributed by atoms with Gasteiger partial charge in [0.15, 0.2) is 11.5 Å². The van der Waals surface area contributed by atoms with E-state index in [2.05, 4.69) is 10.6 Å². The van der Waals surface area contributed by atoms with Crippen molar-refractivity contribution in [2.24, 2.45) is 0 Å². The largest absolute Gasteiger partial charge is 0.493 e. The highest BCUT2D eigenvalue weighted by Gasteiger charge is 2.10. The molecule has 2 rings (SSSR count). The minimum absolute atomic E-state index is 0.290. The molecule has 0 aliphatic rings. The van der Waals surface area contributed by atoms with Crippen LogP contribution in [0.1, 0.15) is 29.3 Å². The fourth-order valence-corrected chi connectivity index (χ4v) is 2.59. The van der Waals surface area contributed by atoms with Gasteiger partial charge in [0.2, 0.25) is 5.91 Å². The molecule has 0 spiro atoms. The van der Waals surface area contributed by atoms with Crippen molar-refractivity contribution in [3.63, 3.8) is 0 Å². The van der Waals surface area contributed by atoms with Gasteiger partial charge in [0.1, 0.15) is 0 Å². The summed E-state index contributed by atoms with van der Waals surface area (Å²) in [4.78, 5) is 24.0. The van der Waals surface area contributed by atoms with Crippen LogP contribution in [-0.2, 0) is 4.79 Å². The Kier molecular flexibility index (Phi) is 7.89. The van der Waals surface area contributed by atoms with Crippen molar-refractivity contribution in [3.8, 4) is 11.5 Å². The van der Waals surface area contributed by atoms with E-state index in [0.29, 0.717) is 34.4 Å². The second-order valence-electron chi connectivity index (χ2n) is 5.86. The van der Waals surface area contributed by atoms with E-state index in [-0.39, 0.29) is 11.8 Å². The summed E-state index contributed by atoms with van der Waals surface area (Å²) in [5, 5.41) is 5.52. The molecular weight excluding hydrogens is 380 g/mol. The lowest BCUT2D eigenvalue weighted by molar-refractivity contribution is -0.111. The maximum absolute atomic E-state index is 12.2. The minimum atomic E-state index is -0.338. The number of halogens is 1. The van der Waals surface area contributed by atoms with E-state index < -0.39 is 0 Å². The third-order valence-electron chi connectivity index (χ3n) is 3.78. The molecule has 7 heteroatoms. The van der Waals surface area contributed by atoms with Gasteiger partial charge in [0.25, 0.3) is 5.91 Å². The number of nitrogens with one attached hydrogen (secondary N) is 2. The Hall–Kier alpha value is -2.99. The van der Waals surface area contributed by atoms with Crippen LogP contribution >= 0.6 is 11.6 Å². The summed E-state index contributed by atoms with van der Waals surface area (Å²) in [6, 6.07) is 10.1. The quantitative estimate of drug-likeness (QED) is 0.650. The van der Waals surface area contributed by atoms with Gasteiger partial charge in [-0.2, -0.15) is 0 Å². The Morgan fingerprint density at radius 1 is 1.14 bits per heavy atom. The smallest absolute Gasteiger partial charge is 0.252 e. The van der Waals surface area contributed by atoms with E-state index in [1.807, 2.05) is 13.0 Å². The summed E-state index contributed by atoms with van der Waals surface area (Å²) in [5.41, 5.74) is 1.55. The fourth-order valence-electron chi connectivity index (χ4n) is 2.39. The molecule has 148 valence electrons. The minimum Gasteiger partial charge on any atom is -0.493 e. The first-order chi connectivity index (χ1) is 13.5. The summed E-state index contributed by atoms with van der Waals surface area (Å²) in [5.74, 6) is 0.599. The molecule has 0 heterocycles. The SMILES string of the molecule is CCCOc1ccc(/C=C/C(=O)Nc2ccc(Cl)c(C(=O)NC)c2)cc1OC. The summed E-state index contributed by atoms with van der Waals surface area (Å²) >= 11 is 6.01. The lowest BCUT2D eigenvalue weighted by Crippen LogP contribution is -2.18. The molecule has 0 aliphatic carbocycles. The Morgan fingerprint density at radius 3 is 2.61 bits per heavy atom. The molecule has 6 nitrogen and oxygen atoms in total. The number of carbonyl (C=O) groups excluding carboxylic acids is 2. The number of carbonyl (C=O) groups is 2. The van der Waals surface area contributed by atoms with Crippen LogP contribution in [0.15, 0.2) is 42.5 Å². The van der Waals surface area contributed by atoms with Crippen LogP contribution in [0.2, 0.25) is 5.02 Å². The van der Waals surface area contributed by atoms with Crippen LogP contribution in [0.4, 0.5) is 5.69 Å². The van der Waals surface area contributed by atoms with Gasteiger partial charge in [-0.25, -0.2) is 0 Å². The summed E-state index contributed by atoms with van der Waals surface area (Å²) in [7, 11) is 3.08. The maximum atomic E-state index is 12.2. The molecule has 0 atom stereocenters. The van der Waals surface area contributed by atoms with Crippen molar-refractivity contribution in [2.45, 2.75) is 13.3 Å². The predicted octanol–water partition coefficient (Wildman–Crippen LogP) is 4.15. The Bertz CT molecular complexity index is 881. The molecule has 2 N–H and O–H groups in total. The molecular formula is C21H23ClN2O4. The van der Waals surface area contributed by atoms with Crippen molar-refractivity contribution >= 4 is 35.2 Å². The summed E-state index contributed by atoms with van der Waals surface area (Å²) in [6.45, 7) is 2.63. The summed E-state index contributed by atoms with van der Waals surface area (Å²) < 4.78 is 10.9. The zero-order valence-electron chi connectivity index (χ0n) is 16.0. The zero-order valence-corrected chi connectivity index (χ0v) is 16.8. The molecule has 0 fully saturated rings. The van der Waals surface area contributed by atoms with Crippen molar-refractivity contribution < 1.29 is 19.1 Å². The molecule has 2 amide bonds. The van der Waals surface area contributed by atoms with Crippen LogP contribution in [0.3, 0.4) is 0 Å². The Balaban J connectivity index is 2.08. The van der Waals surface area contributed by atoms with E-state index in [1.54, 1.807) is 37.5 Å². The maximum Gasteiger partial charge on any atom is 0.252 e. The second-order valence-corrected chi connectivity index (χ2v) is 6.26. The molecule has 2 aromatic rings. The number of rotatable bonds is 8. The first-order valence-corrected chi connectivity index (χ1v) is 9.17. The van der Waals surface area contributed by atoms with E-state index in [4.69, 9.17) is 21.1 Å². The Labute approximate surface area is 169 Å². The normalized spacial score (nSPS) is 10.6. The van der Waals surface area contributed by atoms with Crippen LogP contribution < -0.4 is 20.1 Å². The van der Waals surface area contributed by atoms with Gasteiger partial charge < -0.3 is 20.1 Å². The third kappa shape index (κ3) is 5.76. The van der Waals surface area contributed by atoms with Crippen LogP contribution in [-0.4, -0.2) is 32.6 Å². The van der Waals surface area contributed by atoms with Crippen molar-refractivity contribution in [2.75, 3.05) is 26.1 Å². The van der Waals surface area contributed by atoms with E-state index in [0.717, 1.165) is 12.0 Å². The van der Waals surface area contributed by atoms with Crippen LogP contribution in [0.5, 0.6) is 11.5 Å². The number of hydrogen-bond donors (Lipinski definition) is 2. The molecule has 0 saturated heterocycles. The monoisotopic (exact) mass is 402 g/mol. The van der Waals surface area contributed by atoms with E-state index >= 15 is 0 Å². The average Bonchev–Trinajstić information content (AvgIpc) is 2.71. The molecule has 0 aliphatic heterocycles. The lowest BCUT2D eigenvalue weighted by atomic mass is 10.1. The van der Waals surface area contributed by atoms with Crippen molar-refractivity contribution in [1.29, 1.82) is 0 Å². The number of amides is 2. The van der Waals surface area contributed by atoms with Gasteiger partial charge in [-0.3, -0.25) is 9.59 Å². The molecule has 0 aromatic heterocycles.